The van der Waals surface area contributed by atoms with Gasteiger partial charge in [-0.3, -0.25) is 19.3 Å². The van der Waals surface area contributed by atoms with Crippen molar-refractivity contribution in [1.82, 2.24) is 4.90 Å². The van der Waals surface area contributed by atoms with Gasteiger partial charge in [-0.05, 0) is 52.9 Å². The molecule has 2 amide bonds. The number of carbonyl (C=O) groups is 3. The van der Waals surface area contributed by atoms with Gasteiger partial charge in [0.25, 0.3) is 11.8 Å². The van der Waals surface area contributed by atoms with E-state index in [0.717, 1.165) is 51.4 Å². The van der Waals surface area contributed by atoms with Gasteiger partial charge in [-0.25, -0.2) is 17.6 Å². The molecule has 4 aromatic carbocycles. The number of benzene rings is 4. The molecule has 0 radical (unpaired) electrons. The van der Waals surface area contributed by atoms with E-state index in [1.807, 2.05) is 24.3 Å². The average molecular weight is 602 g/mol. The van der Waals surface area contributed by atoms with Crippen molar-refractivity contribution in [2.24, 2.45) is 0 Å². The Kier molecular flexibility index (Phi) is 7.75. The fourth-order valence-electron chi connectivity index (χ4n) is 5.73. The van der Waals surface area contributed by atoms with Crippen LogP contribution in [0.1, 0.15) is 41.0 Å². The lowest BCUT2D eigenvalue weighted by Gasteiger charge is -2.16. The van der Waals surface area contributed by atoms with E-state index in [1.54, 1.807) is 0 Å². The molecule has 0 unspecified atom stereocenters. The van der Waals surface area contributed by atoms with Gasteiger partial charge >= 0.3 is 0 Å². The largest absolute Gasteiger partial charge is 0.287 e. The minimum absolute atomic E-state index is 0.0496. The van der Waals surface area contributed by atoms with Crippen LogP contribution in [0.25, 0.3) is 22.3 Å². The summed E-state index contributed by atoms with van der Waals surface area (Å²) in [5.74, 6) is -5.26. The van der Waals surface area contributed by atoms with Crippen molar-refractivity contribution in [2.45, 2.75) is 18.8 Å². The maximum atomic E-state index is 14.8. The van der Waals surface area contributed by atoms with E-state index in [1.165, 1.54) is 11.8 Å². The molecule has 0 saturated carbocycles. The highest BCUT2D eigenvalue weighted by molar-refractivity contribution is 8.13. The summed E-state index contributed by atoms with van der Waals surface area (Å²) in [5.41, 5.74) is 2.94. The predicted octanol–water partition coefficient (Wildman–Crippen LogP) is 7.38. The van der Waals surface area contributed by atoms with Crippen LogP contribution in [0.3, 0.4) is 0 Å². The highest BCUT2D eigenvalue weighted by Crippen LogP contribution is 2.46. The molecule has 0 spiro atoms. The summed E-state index contributed by atoms with van der Waals surface area (Å²) in [7, 11) is 0. The van der Waals surface area contributed by atoms with Crippen molar-refractivity contribution in [3.63, 3.8) is 0 Å². The number of hydrogen-bond donors (Lipinski definition) is 0. The Balaban J connectivity index is 1.16. The van der Waals surface area contributed by atoms with Crippen LogP contribution in [0.5, 0.6) is 0 Å². The van der Waals surface area contributed by atoms with Gasteiger partial charge in [0, 0.05) is 47.9 Å². The maximum Gasteiger partial charge on any atom is 0.262 e. The van der Waals surface area contributed by atoms with Gasteiger partial charge in [0.15, 0.2) is 5.12 Å². The lowest BCUT2D eigenvalue weighted by molar-refractivity contribution is -0.136. The summed E-state index contributed by atoms with van der Waals surface area (Å²) in [4.78, 5) is 40.5. The second-order valence-electron chi connectivity index (χ2n) is 10.3. The van der Waals surface area contributed by atoms with E-state index in [-0.39, 0.29) is 41.5 Å². The first kappa shape index (κ1) is 28.6. The maximum absolute atomic E-state index is 14.8. The molecule has 0 N–H and O–H groups in total. The van der Waals surface area contributed by atoms with Crippen molar-refractivity contribution in [3.8, 4) is 11.1 Å². The first-order chi connectivity index (χ1) is 20.7. The van der Waals surface area contributed by atoms with Gasteiger partial charge < -0.3 is 0 Å². The second kappa shape index (κ2) is 11.6. The zero-order valence-corrected chi connectivity index (χ0v) is 23.4. The molecule has 0 bridgehead atoms. The number of amides is 2. The summed E-state index contributed by atoms with van der Waals surface area (Å²) in [6.45, 7) is -0.183. The van der Waals surface area contributed by atoms with E-state index < -0.39 is 46.2 Å². The topological polar surface area (TPSA) is 54.5 Å². The minimum Gasteiger partial charge on any atom is -0.287 e. The van der Waals surface area contributed by atoms with E-state index >= 15 is 0 Å². The summed E-state index contributed by atoms with van der Waals surface area (Å²) in [5, 5.41) is -0.122. The Morgan fingerprint density at radius 1 is 0.674 bits per heavy atom. The van der Waals surface area contributed by atoms with Crippen molar-refractivity contribution < 1.29 is 31.9 Å². The van der Waals surface area contributed by atoms with Gasteiger partial charge in [-0.2, -0.15) is 0 Å². The molecule has 0 saturated heterocycles. The van der Waals surface area contributed by atoms with Crippen LogP contribution in [0.15, 0.2) is 84.9 Å². The van der Waals surface area contributed by atoms with E-state index in [9.17, 15) is 31.9 Å². The van der Waals surface area contributed by atoms with Crippen LogP contribution in [0.2, 0.25) is 0 Å². The summed E-state index contributed by atoms with van der Waals surface area (Å²) in [6, 6.07) is 21.1. The summed E-state index contributed by atoms with van der Waals surface area (Å²) < 4.78 is 56.8. The van der Waals surface area contributed by atoms with Crippen molar-refractivity contribution in [2.75, 3.05) is 12.3 Å². The highest BCUT2D eigenvalue weighted by atomic mass is 32.2. The molecule has 4 aromatic rings. The van der Waals surface area contributed by atoms with Crippen molar-refractivity contribution in [3.05, 3.63) is 130 Å². The molecule has 0 aromatic heterocycles. The fraction of sp³-hybridized carbons (Fsp3) is 0.147. The number of imide groups is 1. The Morgan fingerprint density at radius 2 is 1.16 bits per heavy atom. The van der Waals surface area contributed by atoms with Crippen LogP contribution in [-0.2, 0) is 14.4 Å². The number of thioether (sulfide) groups is 1. The first-order valence-electron chi connectivity index (χ1n) is 13.6. The molecule has 1 aliphatic carbocycles. The normalized spacial score (nSPS) is 14.5. The van der Waals surface area contributed by atoms with E-state index in [0.29, 0.717) is 17.9 Å². The molecule has 6 rings (SSSR count). The summed E-state index contributed by atoms with van der Waals surface area (Å²) in [6.07, 6.45) is 0.178. The molecular formula is C34H23F4NO3S. The van der Waals surface area contributed by atoms with Crippen LogP contribution >= 0.6 is 11.8 Å². The molecule has 43 heavy (non-hydrogen) atoms. The summed E-state index contributed by atoms with van der Waals surface area (Å²) >= 11 is 1.18. The molecule has 0 atom stereocenters. The molecule has 0 fully saturated rings. The van der Waals surface area contributed by atoms with Gasteiger partial charge in [0.05, 0.1) is 11.1 Å². The molecule has 2 aliphatic rings. The van der Waals surface area contributed by atoms with Gasteiger partial charge in [0.1, 0.15) is 23.3 Å². The molecule has 1 aliphatic heterocycles. The third-order valence-electron chi connectivity index (χ3n) is 7.71. The van der Waals surface area contributed by atoms with Crippen LogP contribution in [0, 0.1) is 23.3 Å². The lowest BCUT2D eigenvalue weighted by atomic mass is 9.95. The number of fused-ring (bicyclic) bond motifs is 3. The first-order valence-corrected chi connectivity index (χ1v) is 14.6. The van der Waals surface area contributed by atoms with Crippen molar-refractivity contribution in [1.29, 1.82) is 0 Å². The Labute approximate surface area is 249 Å². The molecular weight excluding hydrogens is 578 g/mol. The van der Waals surface area contributed by atoms with Gasteiger partial charge in [-0.1, -0.05) is 60.3 Å². The number of rotatable bonds is 8. The van der Waals surface area contributed by atoms with E-state index in [4.69, 9.17) is 0 Å². The number of halogens is 4. The zero-order chi connectivity index (χ0) is 30.2. The van der Waals surface area contributed by atoms with Crippen LogP contribution < -0.4 is 0 Å². The Hall–Kier alpha value is -4.50. The highest BCUT2D eigenvalue weighted by Gasteiger charge is 2.41. The molecule has 4 nitrogen and oxygen atoms in total. The van der Waals surface area contributed by atoms with Crippen LogP contribution in [0.4, 0.5) is 17.6 Å². The average Bonchev–Trinajstić information content (AvgIpc) is 3.43. The number of hydrogen-bond acceptors (Lipinski definition) is 4. The standard InChI is InChI=1S/C34H23F4NO3S/c35-19-11-13-25(28(37)16-19)31-32(26-14-12-20(36)17-29(26)38)34(42)39(33(31)41)15-5-10-30(40)43-18-27-23-8-3-1-6-21(23)22-7-2-4-9-24(22)27/h1-4,6-9,11-14,16-17,27H,5,10,15,18H2. The Bertz CT molecular complexity index is 1720. The molecule has 1 heterocycles. The molecule has 216 valence electrons. The molecule has 9 heteroatoms. The predicted molar refractivity (Wildman–Crippen MR) is 157 cm³/mol. The number of nitrogens with zero attached hydrogens (tertiary/aromatic N) is 1. The third-order valence-corrected chi connectivity index (χ3v) is 8.73. The number of carbonyl (C=O) groups excluding carboxylic acids is 3. The smallest absolute Gasteiger partial charge is 0.262 e. The second-order valence-corrected chi connectivity index (χ2v) is 11.4. The van der Waals surface area contributed by atoms with Gasteiger partial charge in [-0.15, -0.1) is 0 Å². The van der Waals surface area contributed by atoms with Crippen LogP contribution in [-0.4, -0.2) is 34.1 Å². The monoisotopic (exact) mass is 601 g/mol. The minimum atomic E-state index is -1.11. The fourth-order valence-corrected chi connectivity index (χ4v) is 6.73. The lowest BCUT2D eigenvalue weighted by Crippen LogP contribution is -2.32. The van der Waals surface area contributed by atoms with E-state index in [2.05, 4.69) is 24.3 Å². The Morgan fingerprint density at radius 3 is 1.65 bits per heavy atom. The third kappa shape index (κ3) is 5.29. The van der Waals surface area contributed by atoms with Crippen molar-refractivity contribution >= 4 is 39.8 Å². The SMILES string of the molecule is O=C(CCCN1C(=O)C(c2ccc(F)cc2F)=C(c2ccc(F)cc2F)C1=O)SCC1c2ccccc2-c2ccccc21. The quantitative estimate of drug-likeness (QED) is 0.156. The zero-order valence-electron chi connectivity index (χ0n) is 22.6. The van der Waals surface area contributed by atoms with Gasteiger partial charge in [0.2, 0.25) is 0 Å².